The summed E-state index contributed by atoms with van der Waals surface area (Å²) in [6.07, 6.45) is 4.26. The SMILES string of the molecule is COc1ccc2c(CN3CCC[C@@H]3c3ccc[nH]3)cc(=O)oc2c1. The Kier molecular flexibility index (Phi) is 3.86. The second kappa shape index (κ2) is 6.17. The molecule has 3 aromatic rings. The van der Waals surface area contributed by atoms with Crippen LogP contribution in [0.4, 0.5) is 0 Å². The van der Waals surface area contributed by atoms with Crippen LogP contribution in [0.2, 0.25) is 0 Å². The summed E-state index contributed by atoms with van der Waals surface area (Å²) in [5, 5.41) is 0.965. The number of fused-ring (bicyclic) bond motifs is 1. The van der Waals surface area contributed by atoms with Gasteiger partial charge in [-0.15, -0.1) is 0 Å². The first-order chi connectivity index (χ1) is 11.7. The quantitative estimate of drug-likeness (QED) is 0.747. The number of aromatic amines is 1. The summed E-state index contributed by atoms with van der Waals surface area (Å²) < 4.78 is 10.6. The summed E-state index contributed by atoms with van der Waals surface area (Å²) in [4.78, 5) is 17.7. The van der Waals surface area contributed by atoms with Gasteiger partial charge in [0.2, 0.25) is 0 Å². The standard InChI is InChI=1S/C19H20N2O3/c1-23-14-6-7-15-13(10-19(22)24-18(15)11-14)12-21-9-3-5-17(21)16-4-2-8-20-16/h2,4,6-8,10-11,17,20H,3,5,9,12H2,1H3/t17-/m1/s1. The molecule has 2 aromatic heterocycles. The minimum atomic E-state index is -0.318. The lowest BCUT2D eigenvalue weighted by Gasteiger charge is -2.24. The van der Waals surface area contributed by atoms with Gasteiger partial charge in [-0.25, -0.2) is 4.79 Å². The zero-order chi connectivity index (χ0) is 16.5. The molecular formula is C19H20N2O3. The van der Waals surface area contributed by atoms with Gasteiger partial charge in [0, 0.05) is 36.0 Å². The molecule has 1 aliphatic rings. The van der Waals surface area contributed by atoms with E-state index in [0.29, 0.717) is 17.4 Å². The minimum Gasteiger partial charge on any atom is -0.497 e. The van der Waals surface area contributed by atoms with E-state index in [1.165, 1.54) is 5.69 Å². The highest BCUT2D eigenvalue weighted by atomic mass is 16.5. The van der Waals surface area contributed by atoms with Crippen molar-refractivity contribution >= 4 is 11.0 Å². The van der Waals surface area contributed by atoms with E-state index < -0.39 is 0 Å². The number of benzene rings is 1. The number of hydrogen-bond donors (Lipinski definition) is 1. The molecule has 0 unspecified atom stereocenters. The van der Waals surface area contributed by atoms with Gasteiger partial charge in [-0.2, -0.15) is 0 Å². The molecule has 4 rings (SSSR count). The Morgan fingerprint density at radius 2 is 2.25 bits per heavy atom. The maximum atomic E-state index is 12.0. The smallest absolute Gasteiger partial charge is 0.336 e. The highest BCUT2D eigenvalue weighted by Crippen LogP contribution is 2.33. The molecular weight excluding hydrogens is 304 g/mol. The average molecular weight is 324 g/mol. The molecule has 5 nitrogen and oxygen atoms in total. The summed E-state index contributed by atoms with van der Waals surface area (Å²) in [6.45, 7) is 1.76. The van der Waals surface area contributed by atoms with E-state index >= 15 is 0 Å². The van der Waals surface area contributed by atoms with Gasteiger partial charge in [-0.05, 0) is 49.2 Å². The molecule has 1 aliphatic heterocycles. The maximum absolute atomic E-state index is 12.0. The normalized spacial score (nSPS) is 18.3. The van der Waals surface area contributed by atoms with Gasteiger partial charge >= 0.3 is 5.63 Å². The molecule has 1 aromatic carbocycles. The monoisotopic (exact) mass is 324 g/mol. The number of rotatable bonds is 4. The van der Waals surface area contributed by atoms with Crippen molar-refractivity contribution in [3.63, 3.8) is 0 Å². The lowest BCUT2D eigenvalue weighted by atomic mass is 10.1. The Bertz CT molecular complexity index is 899. The fraction of sp³-hybridized carbons (Fsp3) is 0.316. The second-order valence-electron chi connectivity index (χ2n) is 6.21. The number of aromatic nitrogens is 1. The van der Waals surface area contributed by atoms with Crippen LogP contribution in [-0.2, 0) is 6.54 Å². The van der Waals surface area contributed by atoms with Crippen molar-refractivity contribution in [3.05, 3.63) is 64.3 Å². The first-order valence-corrected chi connectivity index (χ1v) is 8.23. The number of ether oxygens (including phenoxy) is 1. The Labute approximate surface area is 139 Å². The first kappa shape index (κ1) is 15.0. The van der Waals surface area contributed by atoms with Crippen LogP contribution < -0.4 is 10.4 Å². The fourth-order valence-electron chi connectivity index (χ4n) is 3.61. The molecule has 0 bridgehead atoms. The van der Waals surface area contributed by atoms with Gasteiger partial charge in [-0.1, -0.05) is 0 Å². The predicted octanol–water partition coefficient (Wildman–Crippen LogP) is 3.47. The van der Waals surface area contributed by atoms with Crippen LogP contribution in [0, 0.1) is 0 Å². The highest BCUT2D eigenvalue weighted by molar-refractivity contribution is 5.81. The third kappa shape index (κ3) is 2.71. The zero-order valence-electron chi connectivity index (χ0n) is 13.6. The number of nitrogens with one attached hydrogen (secondary N) is 1. The van der Waals surface area contributed by atoms with Crippen molar-refractivity contribution in [1.29, 1.82) is 0 Å². The molecule has 0 saturated carbocycles. The summed E-state index contributed by atoms with van der Waals surface area (Å²) in [7, 11) is 1.61. The summed E-state index contributed by atoms with van der Waals surface area (Å²) in [5.41, 5.74) is 2.50. The molecule has 3 heterocycles. The van der Waals surface area contributed by atoms with Crippen molar-refractivity contribution < 1.29 is 9.15 Å². The van der Waals surface area contributed by atoms with Crippen LogP contribution in [0.25, 0.3) is 11.0 Å². The minimum absolute atomic E-state index is 0.318. The lowest BCUT2D eigenvalue weighted by Crippen LogP contribution is -2.23. The first-order valence-electron chi connectivity index (χ1n) is 8.23. The average Bonchev–Trinajstić information content (AvgIpc) is 3.25. The molecule has 24 heavy (non-hydrogen) atoms. The van der Waals surface area contributed by atoms with Crippen LogP contribution in [0.1, 0.15) is 30.1 Å². The van der Waals surface area contributed by atoms with Crippen molar-refractivity contribution in [2.75, 3.05) is 13.7 Å². The second-order valence-corrected chi connectivity index (χ2v) is 6.21. The van der Waals surface area contributed by atoms with E-state index in [1.54, 1.807) is 19.2 Å². The molecule has 1 atom stereocenters. The molecule has 0 aliphatic carbocycles. The van der Waals surface area contributed by atoms with Crippen LogP contribution in [-0.4, -0.2) is 23.5 Å². The van der Waals surface area contributed by atoms with Gasteiger partial charge in [0.15, 0.2) is 0 Å². The topological polar surface area (TPSA) is 58.5 Å². The van der Waals surface area contributed by atoms with E-state index in [1.807, 2.05) is 24.4 Å². The number of hydrogen-bond acceptors (Lipinski definition) is 4. The van der Waals surface area contributed by atoms with E-state index in [4.69, 9.17) is 9.15 Å². The van der Waals surface area contributed by atoms with Gasteiger partial charge < -0.3 is 14.1 Å². The third-order valence-electron chi connectivity index (χ3n) is 4.76. The van der Waals surface area contributed by atoms with Crippen molar-refractivity contribution in [2.24, 2.45) is 0 Å². The van der Waals surface area contributed by atoms with Crippen molar-refractivity contribution in [3.8, 4) is 5.75 Å². The van der Waals surface area contributed by atoms with E-state index in [9.17, 15) is 4.79 Å². The number of methoxy groups -OCH3 is 1. The third-order valence-corrected chi connectivity index (χ3v) is 4.76. The van der Waals surface area contributed by atoms with Crippen molar-refractivity contribution in [2.45, 2.75) is 25.4 Å². The Hall–Kier alpha value is -2.53. The molecule has 1 N–H and O–H groups in total. The lowest BCUT2D eigenvalue weighted by molar-refractivity contribution is 0.245. The van der Waals surface area contributed by atoms with Gasteiger partial charge in [0.05, 0.1) is 13.2 Å². The summed E-state index contributed by atoms with van der Waals surface area (Å²) >= 11 is 0. The predicted molar refractivity (Wildman–Crippen MR) is 92.2 cm³/mol. The summed E-state index contributed by atoms with van der Waals surface area (Å²) in [5.74, 6) is 0.688. The molecule has 0 radical (unpaired) electrons. The van der Waals surface area contributed by atoms with Gasteiger partial charge in [0.25, 0.3) is 0 Å². The Morgan fingerprint density at radius 3 is 3.04 bits per heavy atom. The molecule has 1 saturated heterocycles. The molecule has 1 fully saturated rings. The van der Waals surface area contributed by atoms with E-state index in [0.717, 1.165) is 36.9 Å². The van der Waals surface area contributed by atoms with E-state index in [2.05, 4.69) is 16.0 Å². The highest BCUT2D eigenvalue weighted by Gasteiger charge is 2.27. The largest absolute Gasteiger partial charge is 0.497 e. The van der Waals surface area contributed by atoms with Crippen LogP contribution in [0.3, 0.4) is 0 Å². The Balaban J connectivity index is 1.70. The Morgan fingerprint density at radius 1 is 1.33 bits per heavy atom. The van der Waals surface area contributed by atoms with Crippen LogP contribution in [0.5, 0.6) is 5.75 Å². The van der Waals surface area contributed by atoms with E-state index in [-0.39, 0.29) is 5.63 Å². The van der Waals surface area contributed by atoms with Gasteiger partial charge in [0.1, 0.15) is 11.3 Å². The maximum Gasteiger partial charge on any atom is 0.336 e. The summed E-state index contributed by atoms with van der Waals surface area (Å²) in [6, 6.07) is 11.8. The molecule has 5 heteroatoms. The van der Waals surface area contributed by atoms with Crippen LogP contribution in [0.15, 0.2) is 51.8 Å². The molecule has 0 spiro atoms. The zero-order valence-corrected chi connectivity index (χ0v) is 13.6. The number of H-pyrrole nitrogens is 1. The molecule has 0 amide bonds. The number of nitrogens with zero attached hydrogens (tertiary/aromatic N) is 1. The van der Waals surface area contributed by atoms with Crippen molar-refractivity contribution in [1.82, 2.24) is 9.88 Å². The molecule has 124 valence electrons. The van der Waals surface area contributed by atoms with Gasteiger partial charge in [-0.3, -0.25) is 4.90 Å². The van der Waals surface area contributed by atoms with Crippen LogP contribution >= 0.6 is 0 Å². The fourth-order valence-corrected chi connectivity index (χ4v) is 3.61. The number of likely N-dealkylation sites (tertiary alicyclic amines) is 1.